The minimum atomic E-state index is -0.895. The molecule has 0 bridgehead atoms. The predicted octanol–water partition coefficient (Wildman–Crippen LogP) is 6.74. The van der Waals surface area contributed by atoms with Crippen LogP contribution in [0.15, 0.2) is 72.8 Å². The Bertz CT molecular complexity index is 1360. The highest BCUT2D eigenvalue weighted by Crippen LogP contribution is 2.37. The fraction of sp³-hybridized carbons (Fsp3) is 0.241. The number of aromatic nitrogens is 2. The lowest BCUT2D eigenvalue weighted by Crippen LogP contribution is -2.08. The summed E-state index contributed by atoms with van der Waals surface area (Å²) >= 11 is 6.13. The second-order valence-corrected chi connectivity index (χ2v) is 9.45. The van der Waals surface area contributed by atoms with Gasteiger partial charge in [-0.25, -0.2) is 0 Å². The van der Waals surface area contributed by atoms with E-state index in [2.05, 4.69) is 13.8 Å². The van der Waals surface area contributed by atoms with Crippen molar-refractivity contribution in [2.75, 3.05) is 7.11 Å². The summed E-state index contributed by atoms with van der Waals surface area (Å²) in [6.45, 7) is 5.31. The van der Waals surface area contributed by atoms with Crippen LogP contribution in [0.1, 0.15) is 25.0 Å². The molecule has 0 spiro atoms. The Balaban J connectivity index is 1.80. The summed E-state index contributed by atoms with van der Waals surface area (Å²) in [5.41, 5.74) is 4.88. The molecule has 4 rings (SSSR count). The van der Waals surface area contributed by atoms with Crippen molar-refractivity contribution in [1.82, 2.24) is 9.78 Å². The Hall–Kier alpha value is -3.77. The minimum absolute atomic E-state index is 0.0896. The molecule has 0 saturated heterocycles. The van der Waals surface area contributed by atoms with Gasteiger partial charge in [0.05, 0.1) is 24.9 Å². The summed E-state index contributed by atoms with van der Waals surface area (Å²) in [4.78, 5) is 11.4. The fourth-order valence-electron chi connectivity index (χ4n) is 4.08. The Labute approximate surface area is 216 Å². The van der Waals surface area contributed by atoms with Crippen LogP contribution >= 0.6 is 11.6 Å². The number of rotatable bonds is 10. The van der Waals surface area contributed by atoms with E-state index in [1.54, 1.807) is 13.2 Å². The Morgan fingerprint density at radius 2 is 1.78 bits per heavy atom. The largest absolute Gasteiger partial charge is 0.496 e. The first-order valence-electron chi connectivity index (χ1n) is 11.8. The lowest BCUT2D eigenvalue weighted by molar-refractivity contribution is -0.136. The first-order valence-corrected chi connectivity index (χ1v) is 12.2. The molecule has 0 atom stereocenters. The van der Waals surface area contributed by atoms with Gasteiger partial charge in [0.15, 0.2) is 0 Å². The molecule has 0 aliphatic carbocycles. The van der Waals surface area contributed by atoms with Crippen LogP contribution in [0.3, 0.4) is 0 Å². The van der Waals surface area contributed by atoms with E-state index in [1.807, 2.05) is 71.4 Å². The fourth-order valence-corrected chi connectivity index (χ4v) is 4.29. The van der Waals surface area contributed by atoms with Crippen molar-refractivity contribution in [2.24, 2.45) is 5.92 Å². The highest BCUT2D eigenvalue weighted by molar-refractivity contribution is 6.30. The third-order valence-electron chi connectivity index (χ3n) is 5.66. The van der Waals surface area contributed by atoms with Gasteiger partial charge in [-0.05, 0) is 59.5 Å². The molecule has 6 nitrogen and oxygen atoms in total. The number of carboxylic acid groups (broad SMARTS) is 1. The maximum Gasteiger partial charge on any atom is 0.307 e. The molecule has 0 saturated carbocycles. The average Bonchev–Trinajstić information content (AvgIpc) is 3.25. The number of para-hydroxylation sites is 1. The van der Waals surface area contributed by atoms with Gasteiger partial charge in [0.2, 0.25) is 0 Å². The van der Waals surface area contributed by atoms with Gasteiger partial charge in [-0.1, -0.05) is 55.8 Å². The van der Waals surface area contributed by atoms with E-state index in [0.29, 0.717) is 41.1 Å². The lowest BCUT2D eigenvalue weighted by atomic mass is 10.0. The lowest BCUT2D eigenvalue weighted by Gasteiger charge is -2.13. The standard InChI is InChI=1S/C29H29ClN2O4/c1-19(2)17-32-26(23-9-4-5-10-27(23)35-3)16-25(31-32)24-14-20(15-29(33)34)11-12-28(24)36-18-21-7-6-8-22(30)13-21/h4-14,16,19H,15,17-18H2,1-3H3,(H,33,34). The molecule has 0 aliphatic rings. The van der Waals surface area contributed by atoms with E-state index in [9.17, 15) is 9.90 Å². The Kier molecular flexibility index (Phi) is 7.96. The second-order valence-electron chi connectivity index (χ2n) is 9.01. The van der Waals surface area contributed by atoms with Crippen molar-refractivity contribution in [3.05, 3.63) is 88.9 Å². The number of halogens is 1. The number of ether oxygens (including phenoxy) is 2. The van der Waals surface area contributed by atoms with Crippen LogP contribution < -0.4 is 9.47 Å². The van der Waals surface area contributed by atoms with Crippen LogP contribution in [0, 0.1) is 5.92 Å². The quantitative estimate of drug-likeness (QED) is 0.259. The predicted molar refractivity (Wildman–Crippen MR) is 142 cm³/mol. The number of aliphatic carboxylic acids is 1. The van der Waals surface area contributed by atoms with Crippen molar-refractivity contribution < 1.29 is 19.4 Å². The monoisotopic (exact) mass is 504 g/mol. The van der Waals surface area contributed by atoms with E-state index in [0.717, 1.165) is 28.1 Å². The van der Waals surface area contributed by atoms with E-state index < -0.39 is 5.97 Å². The molecule has 3 aromatic carbocycles. The van der Waals surface area contributed by atoms with Crippen LogP contribution in [0.2, 0.25) is 5.02 Å². The minimum Gasteiger partial charge on any atom is -0.496 e. The van der Waals surface area contributed by atoms with Gasteiger partial charge in [-0.15, -0.1) is 0 Å². The summed E-state index contributed by atoms with van der Waals surface area (Å²) in [5, 5.41) is 14.9. The van der Waals surface area contributed by atoms with E-state index in [4.69, 9.17) is 26.2 Å². The molecule has 0 fully saturated rings. The number of carbonyl (C=O) groups is 1. The number of benzene rings is 3. The number of methoxy groups -OCH3 is 1. The first-order chi connectivity index (χ1) is 17.3. The zero-order chi connectivity index (χ0) is 25.7. The molecule has 0 aliphatic heterocycles. The normalized spacial score (nSPS) is 11.0. The highest BCUT2D eigenvalue weighted by atomic mass is 35.5. The van der Waals surface area contributed by atoms with Gasteiger partial charge in [0, 0.05) is 22.7 Å². The third kappa shape index (κ3) is 6.07. The molecule has 0 radical (unpaired) electrons. The SMILES string of the molecule is COc1ccccc1-c1cc(-c2cc(CC(=O)O)ccc2OCc2cccc(Cl)c2)nn1CC(C)C. The maximum absolute atomic E-state index is 11.4. The topological polar surface area (TPSA) is 73.6 Å². The highest BCUT2D eigenvalue weighted by Gasteiger charge is 2.19. The van der Waals surface area contributed by atoms with Gasteiger partial charge >= 0.3 is 5.97 Å². The summed E-state index contributed by atoms with van der Waals surface area (Å²) in [7, 11) is 1.65. The summed E-state index contributed by atoms with van der Waals surface area (Å²) in [6.07, 6.45) is -0.0896. The van der Waals surface area contributed by atoms with Crippen molar-refractivity contribution in [1.29, 1.82) is 0 Å². The van der Waals surface area contributed by atoms with E-state index >= 15 is 0 Å². The zero-order valence-electron chi connectivity index (χ0n) is 20.6. The Morgan fingerprint density at radius 1 is 0.972 bits per heavy atom. The molecule has 7 heteroatoms. The molecule has 1 heterocycles. The van der Waals surface area contributed by atoms with Gasteiger partial charge in [0.1, 0.15) is 18.1 Å². The van der Waals surface area contributed by atoms with Crippen LogP contribution in [-0.2, 0) is 24.4 Å². The number of nitrogens with zero attached hydrogens (tertiary/aromatic N) is 2. The first kappa shape index (κ1) is 25.3. The number of hydrogen-bond donors (Lipinski definition) is 1. The van der Waals surface area contributed by atoms with E-state index in [-0.39, 0.29) is 6.42 Å². The molecule has 0 unspecified atom stereocenters. The van der Waals surface area contributed by atoms with Crippen molar-refractivity contribution in [3.8, 4) is 34.0 Å². The smallest absolute Gasteiger partial charge is 0.307 e. The van der Waals surface area contributed by atoms with Crippen LogP contribution in [-0.4, -0.2) is 28.0 Å². The molecule has 1 N–H and O–H groups in total. The van der Waals surface area contributed by atoms with Crippen molar-refractivity contribution in [3.63, 3.8) is 0 Å². The molecule has 4 aromatic rings. The zero-order valence-corrected chi connectivity index (χ0v) is 21.3. The third-order valence-corrected chi connectivity index (χ3v) is 5.89. The molecular formula is C29H29ClN2O4. The molecule has 0 amide bonds. The molecular weight excluding hydrogens is 476 g/mol. The van der Waals surface area contributed by atoms with E-state index in [1.165, 1.54) is 0 Å². The molecule has 186 valence electrons. The second kappa shape index (κ2) is 11.3. The Morgan fingerprint density at radius 3 is 2.50 bits per heavy atom. The van der Waals surface area contributed by atoms with Crippen molar-refractivity contribution >= 4 is 17.6 Å². The van der Waals surface area contributed by atoms with Crippen LogP contribution in [0.25, 0.3) is 22.5 Å². The molecule has 36 heavy (non-hydrogen) atoms. The average molecular weight is 505 g/mol. The van der Waals surface area contributed by atoms with Crippen LogP contribution in [0.4, 0.5) is 0 Å². The maximum atomic E-state index is 11.4. The van der Waals surface area contributed by atoms with Crippen molar-refractivity contribution in [2.45, 2.75) is 33.4 Å². The molecule has 1 aromatic heterocycles. The number of hydrogen-bond acceptors (Lipinski definition) is 4. The van der Waals surface area contributed by atoms with Gasteiger partial charge in [0.25, 0.3) is 0 Å². The summed E-state index contributed by atoms with van der Waals surface area (Å²) in [6, 6.07) is 22.8. The van der Waals surface area contributed by atoms with Gasteiger partial charge in [-0.3, -0.25) is 9.48 Å². The van der Waals surface area contributed by atoms with Crippen LogP contribution in [0.5, 0.6) is 11.5 Å². The summed E-state index contributed by atoms with van der Waals surface area (Å²) < 4.78 is 13.8. The number of carboxylic acids is 1. The van der Waals surface area contributed by atoms with Gasteiger partial charge < -0.3 is 14.6 Å². The van der Waals surface area contributed by atoms with Gasteiger partial charge in [-0.2, -0.15) is 5.10 Å². The summed E-state index contributed by atoms with van der Waals surface area (Å²) in [5.74, 6) is 0.840.